The third-order valence-electron chi connectivity index (χ3n) is 5.01. The predicted molar refractivity (Wildman–Crippen MR) is 121 cm³/mol. The van der Waals surface area contributed by atoms with Crippen molar-refractivity contribution in [1.29, 1.82) is 0 Å². The summed E-state index contributed by atoms with van der Waals surface area (Å²) in [6.45, 7) is 4.01. The molecule has 0 bridgehead atoms. The normalized spacial score (nSPS) is 10.9. The number of halogens is 1. The van der Waals surface area contributed by atoms with Crippen molar-refractivity contribution >= 4 is 5.91 Å². The van der Waals surface area contributed by atoms with E-state index in [1.54, 1.807) is 16.8 Å². The number of aromatic nitrogens is 6. The van der Waals surface area contributed by atoms with E-state index in [1.807, 2.05) is 19.9 Å². The second-order valence-corrected chi connectivity index (χ2v) is 7.69. The number of hydrogen-bond donors (Lipinski definition) is 1. The molecule has 3 aromatic heterocycles. The zero-order valence-corrected chi connectivity index (χ0v) is 18.6. The molecule has 0 saturated heterocycles. The summed E-state index contributed by atoms with van der Waals surface area (Å²) in [5, 5.41) is 15.4. The Hall–Kier alpha value is -4.41. The van der Waals surface area contributed by atoms with Crippen LogP contribution in [0.4, 0.5) is 4.39 Å². The van der Waals surface area contributed by atoms with Crippen LogP contribution in [-0.2, 0) is 13.1 Å². The molecule has 10 nitrogen and oxygen atoms in total. The molecule has 0 atom stereocenters. The molecule has 1 amide bonds. The Balaban J connectivity index is 1.43. The molecule has 0 unspecified atom stereocenters. The van der Waals surface area contributed by atoms with E-state index in [0.717, 1.165) is 16.1 Å². The molecule has 0 spiro atoms. The van der Waals surface area contributed by atoms with Crippen LogP contribution < -0.4 is 16.4 Å². The van der Waals surface area contributed by atoms with Crippen molar-refractivity contribution in [3.8, 4) is 5.82 Å². The lowest BCUT2D eigenvalue weighted by molar-refractivity contribution is 0.0944. The third kappa shape index (κ3) is 5.14. The molecule has 0 fully saturated rings. The minimum Gasteiger partial charge on any atom is -0.349 e. The van der Waals surface area contributed by atoms with Crippen LogP contribution in [0.5, 0.6) is 0 Å². The number of hydrogen-bond acceptors (Lipinski definition) is 6. The van der Waals surface area contributed by atoms with E-state index >= 15 is 0 Å². The number of nitrogens with zero attached hydrogens (tertiary/aromatic N) is 6. The van der Waals surface area contributed by atoms with Crippen molar-refractivity contribution in [2.45, 2.75) is 26.9 Å². The molecule has 34 heavy (non-hydrogen) atoms. The van der Waals surface area contributed by atoms with E-state index in [4.69, 9.17) is 0 Å². The van der Waals surface area contributed by atoms with Gasteiger partial charge in [-0.15, -0.1) is 5.10 Å². The lowest BCUT2D eigenvalue weighted by atomic mass is 10.2. The Kier molecular flexibility index (Phi) is 6.44. The van der Waals surface area contributed by atoms with Crippen LogP contribution >= 0.6 is 0 Å². The van der Waals surface area contributed by atoms with Gasteiger partial charge in [0.2, 0.25) is 0 Å². The number of aryl methyl sites for hydroxylation is 2. The molecule has 0 aliphatic heterocycles. The van der Waals surface area contributed by atoms with E-state index in [-0.39, 0.29) is 30.9 Å². The second kappa shape index (κ2) is 9.61. The van der Waals surface area contributed by atoms with Gasteiger partial charge in [-0.25, -0.2) is 18.4 Å². The van der Waals surface area contributed by atoms with E-state index < -0.39 is 17.3 Å². The molecule has 1 aromatic carbocycles. The fourth-order valence-electron chi connectivity index (χ4n) is 3.43. The third-order valence-corrected chi connectivity index (χ3v) is 5.01. The largest absolute Gasteiger partial charge is 0.349 e. The summed E-state index contributed by atoms with van der Waals surface area (Å²) >= 11 is 0. The molecule has 3 heterocycles. The van der Waals surface area contributed by atoms with Crippen LogP contribution in [0.2, 0.25) is 0 Å². The monoisotopic (exact) mass is 463 g/mol. The first-order valence-corrected chi connectivity index (χ1v) is 10.5. The van der Waals surface area contributed by atoms with E-state index in [0.29, 0.717) is 11.4 Å². The summed E-state index contributed by atoms with van der Waals surface area (Å²) in [6.07, 6.45) is 0. The number of amides is 1. The molecule has 0 aliphatic carbocycles. The number of carbonyl (C=O) groups excluding carboxylic acids is 1. The summed E-state index contributed by atoms with van der Waals surface area (Å²) in [5.74, 6) is -0.455. The van der Waals surface area contributed by atoms with Crippen molar-refractivity contribution in [3.63, 3.8) is 0 Å². The van der Waals surface area contributed by atoms with Gasteiger partial charge in [-0.3, -0.25) is 14.4 Å². The summed E-state index contributed by atoms with van der Waals surface area (Å²) in [5.41, 5.74) is 1.53. The minimum atomic E-state index is -0.518. The predicted octanol–water partition coefficient (Wildman–Crippen LogP) is 1.22. The first-order valence-electron chi connectivity index (χ1n) is 10.5. The van der Waals surface area contributed by atoms with Gasteiger partial charge in [0.25, 0.3) is 17.0 Å². The van der Waals surface area contributed by atoms with Gasteiger partial charge in [0.1, 0.15) is 11.5 Å². The van der Waals surface area contributed by atoms with Crippen LogP contribution in [0.3, 0.4) is 0 Å². The SMILES string of the molecule is Cc1cc(C)n(-c2ccc(=O)n(CCNC(=O)c3ccc(=O)n(Cc4cccc(F)c4)n3)n2)n1. The lowest BCUT2D eigenvalue weighted by Crippen LogP contribution is -2.34. The van der Waals surface area contributed by atoms with Crippen molar-refractivity contribution in [3.05, 3.63) is 104 Å². The molecule has 11 heteroatoms. The Labute approximate surface area is 193 Å². The van der Waals surface area contributed by atoms with Gasteiger partial charge >= 0.3 is 0 Å². The summed E-state index contributed by atoms with van der Waals surface area (Å²) in [4.78, 5) is 36.9. The van der Waals surface area contributed by atoms with Gasteiger partial charge < -0.3 is 5.32 Å². The van der Waals surface area contributed by atoms with E-state index in [1.165, 1.54) is 41.1 Å². The second-order valence-electron chi connectivity index (χ2n) is 7.69. The summed E-state index contributed by atoms with van der Waals surface area (Å²) < 4.78 is 17.4. The van der Waals surface area contributed by atoms with Crippen LogP contribution in [0, 0.1) is 19.7 Å². The Morgan fingerprint density at radius 1 is 0.941 bits per heavy atom. The molecule has 174 valence electrons. The van der Waals surface area contributed by atoms with Crippen LogP contribution in [0.1, 0.15) is 27.4 Å². The Bertz CT molecular complexity index is 1470. The van der Waals surface area contributed by atoms with Crippen molar-refractivity contribution < 1.29 is 9.18 Å². The van der Waals surface area contributed by atoms with Crippen LogP contribution in [0.25, 0.3) is 5.82 Å². The smallest absolute Gasteiger partial charge is 0.271 e. The van der Waals surface area contributed by atoms with Gasteiger partial charge in [0.15, 0.2) is 5.82 Å². The number of benzene rings is 1. The van der Waals surface area contributed by atoms with Gasteiger partial charge in [-0.1, -0.05) is 12.1 Å². The summed E-state index contributed by atoms with van der Waals surface area (Å²) in [6, 6.07) is 13.2. The lowest BCUT2D eigenvalue weighted by Gasteiger charge is -2.10. The van der Waals surface area contributed by atoms with Crippen molar-refractivity contribution in [2.75, 3.05) is 6.54 Å². The average molecular weight is 463 g/mol. The highest BCUT2D eigenvalue weighted by Gasteiger charge is 2.11. The standard InChI is InChI=1S/C23H22FN7O3/c1-15-12-16(2)31(26-15)20-7-9-21(32)29(28-20)11-10-25-23(34)19-6-8-22(33)30(27-19)14-17-4-3-5-18(24)13-17/h3-9,12-13H,10-11,14H2,1-2H3,(H,25,34). The number of carbonyl (C=O) groups is 1. The van der Waals surface area contributed by atoms with Gasteiger partial charge in [-0.05, 0) is 49.7 Å². The van der Waals surface area contributed by atoms with Crippen molar-refractivity contribution in [2.24, 2.45) is 0 Å². The van der Waals surface area contributed by atoms with E-state index in [2.05, 4.69) is 20.6 Å². The number of nitrogens with one attached hydrogen (secondary N) is 1. The first-order chi connectivity index (χ1) is 16.3. The zero-order valence-electron chi connectivity index (χ0n) is 18.6. The van der Waals surface area contributed by atoms with Gasteiger partial charge in [0.05, 0.1) is 18.8 Å². The maximum absolute atomic E-state index is 13.4. The molecule has 1 N–H and O–H groups in total. The molecular weight excluding hydrogens is 441 g/mol. The maximum atomic E-state index is 13.4. The van der Waals surface area contributed by atoms with Gasteiger partial charge in [-0.2, -0.15) is 10.2 Å². The van der Waals surface area contributed by atoms with Crippen LogP contribution in [0.15, 0.2) is 64.2 Å². The zero-order chi connectivity index (χ0) is 24.2. The highest BCUT2D eigenvalue weighted by Crippen LogP contribution is 2.08. The quantitative estimate of drug-likeness (QED) is 0.441. The fourth-order valence-corrected chi connectivity index (χ4v) is 3.43. The molecule has 4 aromatic rings. The fraction of sp³-hybridized carbons (Fsp3) is 0.217. The molecule has 0 saturated carbocycles. The average Bonchev–Trinajstić information content (AvgIpc) is 3.14. The van der Waals surface area contributed by atoms with Gasteiger partial charge in [0, 0.05) is 24.4 Å². The number of rotatable bonds is 7. The molecule has 0 radical (unpaired) electrons. The highest BCUT2D eigenvalue weighted by atomic mass is 19.1. The molecule has 4 rings (SSSR count). The Morgan fingerprint density at radius 2 is 1.71 bits per heavy atom. The topological polar surface area (TPSA) is 117 Å². The minimum absolute atomic E-state index is 0.0210. The summed E-state index contributed by atoms with van der Waals surface area (Å²) in [7, 11) is 0. The van der Waals surface area contributed by atoms with E-state index in [9.17, 15) is 18.8 Å². The van der Waals surface area contributed by atoms with Crippen LogP contribution in [-0.4, -0.2) is 41.8 Å². The first kappa shape index (κ1) is 22.8. The van der Waals surface area contributed by atoms with Crippen molar-refractivity contribution in [1.82, 2.24) is 34.7 Å². The highest BCUT2D eigenvalue weighted by molar-refractivity contribution is 5.91. The Morgan fingerprint density at radius 3 is 2.44 bits per heavy atom. The molecular formula is C23H22FN7O3. The maximum Gasteiger partial charge on any atom is 0.271 e. The molecule has 0 aliphatic rings.